The molecule has 1 amide bonds. The maximum atomic E-state index is 12.6. The van der Waals surface area contributed by atoms with Crippen molar-refractivity contribution in [2.45, 2.75) is 456 Å². The average molecular weight is 1220 g/mol. The van der Waals surface area contributed by atoms with Gasteiger partial charge < -0.3 is 20.3 Å². The van der Waals surface area contributed by atoms with Gasteiger partial charge in [-0.2, -0.15) is 0 Å². The smallest absolute Gasteiger partial charge is 0.305 e. The first kappa shape index (κ1) is 85.1. The Kier molecular flexibility index (Phi) is 74.8. The SMILES string of the molecule is CCCCC/C=C\C/C=C\CCCCCCCCCCCC(=O)OCCCCCCCCCCCCCC/C=C\CCCCCCCCCCCCCCC(=O)NC(CO)C(O)CCCCCCCCCCCCCCCCCCCCCCCCC. The minimum atomic E-state index is -0.666. The second-order valence-corrected chi connectivity index (χ2v) is 27.4. The van der Waals surface area contributed by atoms with Gasteiger partial charge in [-0.3, -0.25) is 9.59 Å². The second-order valence-electron chi connectivity index (χ2n) is 27.4. The van der Waals surface area contributed by atoms with Crippen LogP contribution in [0, 0.1) is 0 Å². The van der Waals surface area contributed by atoms with Gasteiger partial charge in [0.05, 0.1) is 25.4 Å². The molecule has 0 bridgehead atoms. The van der Waals surface area contributed by atoms with Crippen LogP contribution in [0.3, 0.4) is 0 Å². The van der Waals surface area contributed by atoms with E-state index in [0.29, 0.717) is 25.9 Å². The number of nitrogens with one attached hydrogen (secondary N) is 1. The van der Waals surface area contributed by atoms with E-state index in [0.717, 1.165) is 51.4 Å². The number of aliphatic hydroxyl groups excluding tert-OH is 2. The quantitative estimate of drug-likeness (QED) is 0.0320. The molecular weight excluding hydrogens is 1070 g/mol. The number of esters is 1. The Hall–Kier alpha value is -1.92. The molecule has 0 aliphatic rings. The fourth-order valence-electron chi connectivity index (χ4n) is 12.6. The van der Waals surface area contributed by atoms with Crippen LogP contribution in [-0.4, -0.2) is 47.4 Å². The van der Waals surface area contributed by atoms with Crippen molar-refractivity contribution >= 4 is 11.9 Å². The van der Waals surface area contributed by atoms with Crippen molar-refractivity contribution in [2.24, 2.45) is 0 Å². The topological polar surface area (TPSA) is 95.9 Å². The zero-order valence-electron chi connectivity index (χ0n) is 59.0. The fraction of sp³-hybridized carbons (Fsp3) is 0.901. The number of amides is 1. The number of carbonyl (C=O) groups excluding carboxylic acids is 2. The number of hydrogen-bond donors (Lipinski definition) is 3. The summed E-state index contributed by atoms with van der Waals surface area (Å²) in [5.41, 5.74) is 0. The summed E-state index contributed by atoms with van der Waals surface area (Å²) in [7, 11) is 0. The van der Waals surface area contributed by atoms with Crippen LogP contribution in [0.2, 0.25) is 0 Å². The van der Waals surface area contributed by atoms with Crippen LogP contribution in [-0.2, 0) is 14.3 Å². The summed E-state index contributed by atoms with van der Waals surface area (Å²) < 4.78 is 5.51. The Labute approximate surface area is 544 Å². The Morgan fingerprint density at radius 3 is 0.908 bits per heavy atom. The molecule has 0 aromatic carbocycles. The highest BCUT2D eigenvalue weighted by molar-refractivity contribution is 5.76. The molecule has 3 N–H and O–H groups in total. The van der Waals surface area contributed by atoms with E-state index in [1.54, 1.807) is 0 Å². The molecule has 0 spiro atoms. The summed E-state index contributed by atoms with van der Waals surface area (Å²) in [6, 6.07) is -0.543. The molecule has 6 heteroatoms. The van der Waals surface area contributed by atoms with Gasteiger partial charge in [0.2, 0.25) is 5.91 Å². The molecule has 0 aromatic rings. The lowest BCUT2D eigenvalue weighted by molar-refractivity contribution is -0.143. The molecule has 0 aliphatic carbocycles. The highest BCUT2D eigenvalue weighted by Crippen LogP contribution is 2.20. The zero-order valence-corrected chi connectivity index (χ0v) is 59.0. The molecule has 2 unspecified atom stereocenters. The maximum absolute atomic E-state index is 12.6. The van der Waals surface area contributed by atoms with Crippen LogP contribution < -0.4 is 5.32 Å². The zero-order chi connectivity index (χ0) is 62.8. The van der Waals surface area contributed by atoms with Crippen LogP contribution in [0.1, 0.15) is 444 Å². The molecule has 6 nitrogen and oxygen atoms in total. The molecule has 0 radical (unpaired) electrons. The number of rotatable bonds is 75. The van der Waals surface area contributed by atoms with Crippen LogP contribution in [0.15, 0.2) is 36.5 Å². The van der Waals surface area contributed by atoms with Crippen LogP contribution >= 0.6 is 0 Å². The molecule has 514 valence electrons. The van der Waals surface area contributed by atoms with Crippen LogP contribution in [0.25, 0.3) is 0 Å². The fourth-order valence-corrected chi connectivity index (χ4v) is 12.6. The van der Waals surface area contributed by atoms with Gasteiger partial charge in [-0.15, -0.1) is 0 Å². The lowest BCUT2D eigenvalue weighted by Crippen LogP contribution is -2.45. The van der Waals surface area contributed by atoms with Gasteiger partial charge in [-0.05, 0) is 83.5 Å². The second kappa shape index (κ2) is 76.5. The van der Waals surface area contributed by atoms with Gasteiger partial charge in [0.1, 0.15) is 0 Å². The maximum Gasteiger partial charge on any atom is 0.305 e. The third-order valence-corrected chi connectivity index (χ3v) is 18.7. The van der Waals surface area contributed by atoms with Crippen LogP contribution in [0.4, 0.5) is 0 Å². The van der Waals surface area contributed by atoms with Crippen LogP contribution in [0.5, 0.6) is 0 Å². The first-order chi connectivity index (χ1) is 43.0. The Morgan fingerprint density at radius 1 is 0.322 bits per heavy atom. The summed E-state index contributed by atoms with van der Waals surface area (Å²) >= 11 is 0. The van der Waals surface area contributed by atoms with E-state index < -0.39 is 12.1 Å². The van der Waals surface area contributed by atoms with Gasteiger partial charge in [0.15, 0.2) is 0 Å². The van der Waals surface area contributed by atoms with Gasteiger partial charge in [-0.25, -0.2) is 0 Å². The van der Waals surface area contributed by atoms with E-state index in [1.165, 1.54) is 360 Å². The van der Waals surface area contributed by atoms with Crippen molar-refractivity contribution in [1.29, 1.82) is 0 Å². The number of ether oxygens (including phenoxy) is 1. The average Bonchev–Trinajstić information content (AvgIpc) is 3.52. The third-order valence-electron chi connectivity index (χ3n) is 18.7. The Bertz CT molecular complexity index is 1410. The molecule has 0 aromatic heterocycles. The number of allylic oxidation sites excluding steroid dienone is 6. The van der Waals surface area contributed by atoms with Gasteiger partial charge in [0.25, 0.3) is 0 Å². The van der Waals surface area contributed by atoms with E-state index in [1.807, 2.05) is 0 Å². The van der Waals surface area contributed by atoms with Crippen molar-refractivity contribution in [2.75, 3.05) is 13.2 Å². The first-order valence-electron chi connectivity index (χ1n) is 39.7. The summed E-state index contributed by atoms with van der Waals surface area (Å²) in [6.07, 6.45) is 99.4. The highest BCUT2D eigenvalue weighted by atomic mass is 16.5. The number of hydrogen-bond acceptors (Lipinski definition) is 5. The number of unbranched alkanes of at least 4 members (excludes halogenated alkanes) is 58. The van der Waals surface area contributed by atoms with Gasteiger partial charge >= 0.3 is 5.97 Å². The first-order valence-corrected chi connectivity index (χ1v) is 39.7. The van der Waals surface area contributed by atoms with E-state index >= 15 is 0 Å². The van der Waals surface area contributed by atoms with Crippen molar-refractivity contribution in [3.8, 4) is 0 Å². The van der Waals surface area contributed by atoms with Gasteiger partial charge in [-0.1, -0.05) is 384 Å². The van der Waals surface area contributed by atoms with Gasteiger partial charge in [0, 0.05) is 12.8 Å². The van der Waals surface area contributed by atoms with E-state index in [4.69, 9.17) is 4.74 Å². The molecule has 0 saturated carbocycles. The Morgan fingerprint density at radius 2 is 0.575 bits per heavy atom. The summed E-state index contributed by atoms with van der Waals surface area (Å²) in [5, 5.41) is 23.5. The molecule has 0 fully saturated rings. The molecule has 0 saturated heterocycles. The minimum Gasteiger partial charge on any atom is -0.466 e. The normalized spacial score (nSPS) is 12.6. The third kappa shape index (κ3) is 73.0. The lowest BCUT2D eigenvalue weighted by Gasteiger charge is -2.22. The highest BCUT2D eigenvalue weighted by Gasteiger charge is 2.20. The summed E-state index contributed by atoms with van der Waals surface area (Å²) in [4.78, 5) is 24.7. The van der Waals surface area contributed by atoms with Crippen molar-refractivity contribution in [3.05, 3.63) is 36.5 Å². The van der Waals surface area contributed by atoms with E-state index in [9.17, 15) is 19.8 Å². The monoisotopic (exact) mass is 1220 g/mol. The summed E-state index contributed by atoms with van der Waals surface area (Å²) in [5.74, 6) is -0.0168. The Balaban J connectivity index is 3.37. The predicted octanol–water partition coefficient (Wildman–Crippen LogP) is 26.2. The van der Waals surface area contributed by atoms with E-state index in [-0.39, 0.29) is 18.5 Å². The molecule has 0 heterocycles. The van der Waals surface area contributed by atoms with Crippen molar-refractivity contribution in [1.82, 2.24) is 5.32 Å². The molecule has 0 aliphatic heterocycles. The number of aliphatic hydroxyl groups is 2. The lowest BCUT2D eigenvalue weighted by atomic mass is 10.0. The molecule has 87 heavy (non-hydrogen) atoms. The number of carbonyl (C=O) groups is 2. The summed E-state index contributed by atoms with van der Waals surface area (Å²) in [6.45, 7) is 4.97. The predicted molar refractivity (Wildman–Crippen MR) is 384 cm³/mol. The van der Waals surface area contributed by atoms with E-state index in [2.05, 4.69) is 55.6 Å². The molecular formula is C81H155NO5. The molecule has 2 atom stereocenters. The standard InChI is InChI=1S/C81H155NO5/c1-3-5-7-9-11-13-15-17-19-21-23-24-31-34-38-41-45-49-53-57-61-65-69-73-79(84)78(77-83)82-80(85)74-70-66-62-58-54-50-46-42-39-35-32-29-27-25-26-28-30-33-36-40-44-48-52-56-60-64-68-72-76-87-81(86)75-71-67-63-59-55-51-47-43-37-22-20-18-16-14-12-10-8-6-4-2/h12,14,18,20,25-26,78-79,83-84H,3-11,13,15-17,19,21-24,27-77H2,1-2H3,(H,82,85)/b14-12-,20-18-,26-25-. The molecule has 0 rings (SSSR count). The van der Waals surface area contributed by atoms with Crippen molar-refractivity contribution < 1.29 is 24.5 Å². The van der Waals surface area contributed by atoms with Crippen molar-refractivity contribution in [3.63, 3.8) is 0 Å². The minimum absolute atomic E-state index is 0.0130. The largest absolute Gasteiger partial charge is 0.466 e.